The van der Waals surface area contributed by atoms with E-state index in [2.05, 4.69) is 4.98 Å². The Labute approximate surface area is 171 Å². The predicted octanol–water partition coefficient (Wildman–Crippen LogP) is 3.86. The van der Waals surface area contributed by atoms with Crippen molar-refractivity contribution >= 4 is 23.1 Å². The number of nitrogens with zero attached hydrogens (tertiary/aromatic N) is 2. The van der Waals surface area contributed by atoms with Crippen LogP contribution in [0.5, 0.6) is 5.75 Å². The number of carbonyl (C=O) groups is 2. The molecule has 1 aromatic heterocycles. The number of amides is 1. The number of Topliss-reactive ketones (excluding diaryl/α,β-unsaturated/α-hetero) is 1. The van der Waals surface area contributed by atoms with E-state index in [1.165, 1.54) is 36.3 Å². The molecule has 2 heterocycles. The van der Waals surface area contributed by atoms with Crippen molar-refractivity contribution in [3.8, 4) is 5.75 Å². The maximum atomic E-state index is 13.3. The minimum Gasteiger partial charge on any atom is -0.507 e. The van der Waals surface area contributed by atoms with Crippen LogP contribution in [0, 0.1) is 5.82 Å². The number of pyridine rings is 1. The fraction of sp³-hybridized carbons (Fsp3) is 0.0870. The molecule has 30 heavy (non-hydrogen) atoms. The topological polar surface area (TPSA) is 79.7 Å². The van der Waals surface area contributed by atoms with Crippen molar-refractivity contribution in [2.24, 2.45) is 0 Å². The minimum atomic E-state index is -0.940. The van der Waals surface area contributed by atoms with Gasteiger partial charge in [-0.1, -0.05) is 6.07 Å². The molecule has 150 valence electrons. The molecule has 6 nitrogen and oxygen atoms in total. The first-order valence-electron chi connectivity index (χ1n) is 9.13. The highest BCUT2D eigenvalue weighted by Gasteiger charge is 2.47. The molecule has 0 spiro atoms. The van der Waals surface area contributed by atoms with Gasteiger partial charge in [0.25, 0.3) is 11.7 Å². The fourth-order valence-corrected chi connectivity index (χ4v) is 3.42. The summed E-state index contributed by atoms with van der Waals surface area (Å²) in [4.78, 5) is 31.5. The molecule has 0 radical (unpaired) electrons. The third kappa shape index (κ3) is 3.30. The highest BCUT2D eigenvalue weighted by molar-refractivity contribution is 6.51. The highest BCUT2D eigenvalue weighted by Crippen LogP contribution is 2.41. The van der Waals surface area contributed by atoms with E-state index < -0.39 is 23.5 Å². The van der Waals surface area contributed by atoms with E-state index in [0.29, 0.717) is 17.1 Å². The summed E-state index contributed by atoms with van der Waals surface area (Å²) in [6.07, 6.45) is 1.54. The zero-order valence-electron chi connectivity index (χ0n) is 15.9. The summed E-state index contributed by atoms with van der Waals surface area (Å²) < 4.78 is 18.5. The van der Waals surface area contributed by atoms with Crippen LogP contribution < -0.4 is 9.64 Å². The van der Waals surface area contributed by atoms with Crippen molar-refractivity contribution in [1.82, 2.24) is 4.98 Å². The van der Waals surface area contributed by atoms with E-state index >= 15 is 0 Å². The van der Waals surface area contributed by atoms with Crippen LogP contribution in [0.4, 0.5) is 10.1 Å². The molecule has 1 amide bonds. The lowest BCUT2D eigenvalue weighted by Crippen LogP contribution is -2.29. The molecule has 1 aliphatic heterocycles. The van der Waals surface area contributed by atoms with Gasteiger partial charge in [0.15, 0.2) is 0 Å². The Kier molecular flexibility index (Phi) is 5.02. The van der Waals surface area contributed by atoms with Crippen molar-refractivity contribution in [1.29, 1.82) is 0 Å². The number of aliphatic hydroxyl groups is 1. The lowest BCUT2D eigenvalue weighted by molar-refractivity contribution is -0.132. The summed E-state index contributed by atoms with van der Waals surface area (Å²) in [7, 11) is 1.53. The lowest BCUT2D eigenvalue weighted by atomic mass is 9.98. The number of hydrogen-bond donors (Lipinski definition) is 1. The number of aromatic nitrogens is 1. The van der Waals surface area contributed by atoms with Crippen LogP contribution in [0.2, 0.25) is 0 Å². The Balaban J connectivity index is 1.90. The fourth-order valence-electron chi connectivity index (χ4n) is 3.42. The van der Waals surface area contributed by atoms with Crippen molar-refractivity contribution in [3.05, 3.63) is 95.6 Å². The first-order chi connectivity index (χ1) is 14.5. The second kappa shape index (κ2) is 7.79. The van der Waals surface area contributed by atoms with Crippen LogP contribution in [0.3, 0.4) is 0 Å². The van der Waals surface area contributed by atoms with Crippen molar-refractivity contribution in [2.45, 2.75) is 6.04 Å². The standard InChI is InChI=1S/C23H17FN2O4/c1-30-17-11-9-16(10-12-17)26-20(18-4-2-3-13-25-18)19(22(28)23(26)29)21(27)14-5-7-15(24)8-6-14/h2-13,20,27H,1H3/b21-19-. The first kappa shape index (κ1) is 19.3. The van der Waals surface area contributed by atoms with Gasteiger partial charge in [-0.15, -0.1) is 0 Å². The maximum absolute atomic E-state index is 13.3. The van der Waals surface area contributed by atoms with Gasteiger partial charge in [-0.25, -0.2) is 4.39 Å². The Morgan fingerprint density at radius 3 is 2.33 bits per heavy atom. The molecule has 0 saturated carbocycles. The number of benzene rings is 2. The summed E-state index contributed by atoms with van der Waals surface area (Å²) in [6, 6.07) is 15.9. The predicted molar refractivity (Wildman–Crippen MR) is 108 cm³/mol. The van der Waals surface area contributed by atoms with Crippen LogP contribution in [0.1, 0.15) is 17.3 Å². The highest BCUT2D eigenvalue weighted by atomic mass is 19.1. The second-order valence-electron chi connectivity index (χ2n) is 6.63. The molecule has 1 aliphatic rings. The van der Waals surface area contributed by atoms with Gasteiger partial charge in [0.05, 0.1) is 18.4 Å². The smallest absolute Gasteiger partial charge is 0.300 e. The van der Waals surface area contributed by atoms with E-state index in [4.69, 9.17) is 4.74 Å². The minimum absolute atomic E-state index is 0.110. The van der Waals surface area contributed by atoms with Gasteiger partial charge in [0.2, 0.25) is 0 Å². The SMILES string of the molecule is COc1ccc(N2C(=O)C(=O)/C(=C(\O)c3ccc(F)cc3)C2c2ccccn2)cc1. The van der Waals surface area contributed by atoms with E-state index in [0.717, 1.165) is 0 Å². The number of rotatable bonds is 4. The number of halogens is 1. The number of carbonyl (C=O) groups excluding carboxylic acids is 2. The molecule has 0 bridgehead atoms. The zero-order valence-corrected chi connectivity index (χ0v) is 15.9. The number of ether oxygens (including phenoxy) is 1. The molecule has 4 rings (SSSR count). The maximum Gasteiger partial charge on any atom is 0.300 e. The van der Waals surface area contributed by atoms with Crippen LogP contribution in [0.25, 0.3) is 5.76 Å². The zero-order chi connectivity index (χ0) is 21.3. The van der Waals surface area contributed by atoms with Crippen LogP contribution in [-0.2, 0) is 9.59 Å². The second-order valence-corrected chi connectivity index (χ2v) is 6.63. The Hall–Kier alpha value is -4.00. The summed E-state index contributed by atoms with van der Waals surface area (Å²) in [5.74, 6) is -1.91. The number of anilines is 1. The quantitative estimate of drug-likeness (QED) is 0.406. The third-order valence-electron chi connectivity index (χ3n) is 4.88. The Bertz CT molecular complexity index is 1130. The molecule has 3 aromatic rings. The van der Waals surface area contributed by atoms with Gasteiger partial charge in [0.1, 0.15) is 23.4 Å². The Morgan fingerprint density at radius 2 is 1.73 bits per heavy atom. The number of aliphatic hydroxyl groups excluding tert-OH is 1. The average molecular weight is 404 g/mol. The number of methoxy groups -OCH3 is 1. The summed E-state index contributed by atoms with van der Waals surface area (Å²) in [5.41, 5.74) is 0.981. The van der Waals surface area contributed by atoms with E-state index in [1.54, 1.807) is 48.7 Å². The molecular formula is C23H17FN2O4. The van der Waals surface area contributed by atoms with Gasteiger partial charge < -0.3 is 9.84 Å². The molecule has 1 saturated heterocycles. The molecule has 7 heteroatoms. The van der Waals surface area contributed by atoms with Crippen molar-refractivity contribution in [2.75, 3.05) is 12.0 Å². The summed E-state index contributed by atoms with van der Waals surface area (Å²) >= 11 is 0. The molecule has 1 atom stereocenters. The largest absolute Gasteiger partial charge is 0.507 e. The van der Waals surface area contributed by atoms with Crippen molar-refractivity contribution < 1.29 is 23.8 Å². The molecule has 2 aromatic carbocycles. The van der Waals surface area contributed by atoms with Gasteiger partial charge in [-0.05, 0) is 60.7 Å². The van der Waals surface area contributed by atoms with E-state index in [1.807, 2.05) is 0 Å². The van der Waals surface area contributed by atoms with Gasteiger partial charge >= 0.3 is 0 Å². The summed E-state index contributed by atoms with van der Waals surface area (Å²) in [6.45, 7) is 0. The van der Waals surface area contributed by atoms with Crippen LogP contribution in [-0.4, -0.2) is 28.9 Å². The Morgan fingerprint density at radius 1 is 1.03 bits per heavy atom. The van der Waals surface area contributed by atoms with Gasteiger partial charge in [0, 0.05) is 17.4 Å². The first-order valence-corrected chi connectivity index (χ1v) is 9.13. The van der Waals surface area contributed by atoms with Gasteiger partial charge in [-0.2, -0.15) is 0 Å². The molecular weight excluding hydrogens is 387 g/mol. The number of hydrogen-bond acceptors (Lipinski definition) is 5. The molecule has 1 unspecified atom stereocenters. The average Bonchev–Trinajstić information content (AvgIpc) is 3.05. The van der Waals surface area contributed by atoms with E-state index in [-0.39, 0.29) is 16.9 Å². The van der Waals surface area contributed by atoms with Crippen molar-refractivity contribution in [3.63, 3.8) is 0 Å². The van der Waals surface area contributed by atoms with Crippen LogP contribution in [0.15, 0.2) is 78.5 Å². The third-order valence-corrected chi connectivity index (χ3v) is 4.88. The number of ketones is 1. The van der Waals surface area contributed by atoms with Crippen LogP contribution >= 0.6 is 0 Å². The summed E-state index contributed by atoms with van der Waals surface area (Å²) in [5, 5.41) is 10.9. The molecule has 1 fully saturated rings. The van der Waals surface area contributed by atoms with E-state index in [9.17, 15) is 19.1 Å². The van der Waals surface area contributed by atoms with Gasteiger partial charge in [-0.3, -0.25) is 19.5 Å². The lowest BCUT2D eigenvalue weighted by Gasteiger charge is -2.24. The normalized spacial score (nSPS) is 17.9. The molecule has 0 aliphatic carbocycles. The monoisotopic (exact) mass is 404 g/mol. The molecule has 1 N–H and O–H groups in total.